The van der Waals surface area contributed by atoms with Crippen molar-refractivity contribution >= 4 is 11.7 Å². The van der Waals surface area contributed by atoms with E-state index in [1.807, 2.05) is 13.0 Å². The highest BCUT2D eigenvalue weighted by atomic mass is 19.1. The molecule has 110 valence electrons. The Morgan fingerprint density at radius 1 is 1.57 bits per heavy atom. The number of carboxylic acid groups (broad SMARTS) is 1. The van der Waals surface area contributed by atoms with E-state index >= 15 is 0 Å². The van der Waals surface area contributed by atoms with E-state index in [2.05, 4.69) is 5.32 Å². The van der Waals surface area contributed by atoms with Gasteiger partial charge in [-0.1, -0.05) is 6.07 Å². The monoisotopic (exact) mass is 289 g/mol. The number of aliphatic carboxylic acids is 1. The number of nitriles is 1. The van der Waals surface area contributed by atoms with Gasteiger partial charge in [0.1, 0.15) is 11.9 Å². The van der Waals surface area contributed by atoms with E-state index in [-0.39, 0.29) is 6.42 Å². The normalized spacial score (nSPS) is 11.9. The van der Waals surface area contributed by atoms with Crippen LogP contribution in [0.5, 0.6) is 0 Å². The first-order valence-corrected chi connectivity index (χ1v) is 6.30. The van der Waals surface area contributed by atoms with Crippen molar-refractivity contribution in [2.75, 3.05) is 11.9 Å². The molecule has 6 heteroatoms. The minimum Gasteiger partial charge on any atom is -0.478 e. The van der Waals surface area contributed by atoms with Crippen LogP contribution >= 0.6 is 0 Å². The van der Waals surface area contributed by atoms with E-state index in [0.29, 0.717) is 23.4 Å². The molecule has 0 saturated carbocycles. The number of nitrogens with one attached hydrogen (secondary N) is 1. The summed E-state index contributed by atoms with van der Waals surface area (Å²) in [7, 11) is 0. The Balaban J connectivity index is 3.11. The fourth-order valence-electron chi connectivity index (χ4n) is 1.79. The van der Waals surface area contributed by atoms with Crippen molar-refractivity contribution in [3.8, 4) is 6.07 Å². The second-order valence-electron chi connectivity index (χ2n) is 4.18. The van der Waals surface area contributed by atoms with Crippen molar-refractivity contribution in [3.05, 3.63) is 53.0 Å². The summed E-state index contributed by atoms with van der Waals surface area (Å²) >= 11 is 0. The maximum absolute atomic E-state index is 14.0. The first-order valence-electron chi connectivity index (χ1n) is 6.30. The summed E-state index contributed by atoms with van der Waals surface area (Å²) in [6.07, 6.45) is 1.75. The standard InChI is InChI=1S/C15H16FN3O2/c1-2-19-14-4-3-10(7-11(14)9-18)8-13(16)12(5-6-17)15(20)21/h3-7,19H,2,8,17H2,1H3,(H,20,21)/b6-5-,13-12-. The number of halogens is 1. The molecule has 0 atom stereocenters. The Bertz CT molecular complexity index is 630. The molecule has 0 aromatic heterocycles. The molecule has 0 amide bonds. The van der Waals surface area contributed by atoms with Crippen molar-refractivity contribution in [2.24, 2.45) is 5.73 Å². The molecule has 0 unspecified atom stereocenters. The molecule has 1 aromatic carbocycles. The van der Waals surface area contributed by atoms with Crippen molar-refractivity contribution in [3.63, 3.8) is 0 Å². The van der Waals surface area contributed by atoms with Crippen LogP contribution in [0.1, 0.15) is 18.1 Å². The number of allylic oxidation sites excluding steroid dienone is 1. The predicted octanol–water partition coefficient (Wildman–Crippen LogP) is 2.31. The van der Waals surface area contributed by atoms with Crippen LogP contribution in [0.15, 0.2) is 41.9 Å². The fourth-order valence-corrected chi connectivity index (χ4v) is 1.79. The van der Waals surface area contributed by atoms with Crippen molar-refractivity contribution < 1.29 is 14.3 Å². The highest BCUT2D eigenvalue weighted by molar-refractivity contribution is 5.90. The number of benzene rings is 1. The van der Waals surface area contributed by atoms with E-state index in [1.165, 1.54) is 6.07 Å². The van der Waals surface area contributed by atoms with E-state index < -0.39 is 17.4 Å². The first-order chi connectivity index (χ1) is 10.0. The lowest BCUT2D eigenvalue weighted by Gasteiger charge is -2.08. The van der Waals surface area contributed by atoms with E-state index in [9.17, 15) is 9.18 Å². The number of nitrogens with zero attached hydrogens (tertiary/aromatic N) is 1. The highest BCUT2D eigenvalue weighted by Crippen LogP contribution is 2.21. The van der Waals surface area contributed by atoms with Gasteiger partial charge in [-0.05, 0) is 36.9 Å². The van der Waals surface area contributed by atoms with Crippen LogP contribution in [0.25, 0.3) is 0 Å². The zero-order valence-corrected chi connectivity index (χ0v) is 11.6. The maximum atomic E-state index is 14.0. The summed E-state index contributed by atoms with van der Waals surface area (Å²) < 4.78 is 14.0. The van der Waals surface area contributed by atoms with Gasteiger partial charge in [0.15, 0.2) is 0 Å². The van der Waals surface area contributed by atoms with Gasteiger partial charge in [-0.25, -0.2) is 9.18 Å². The molecule has 0 aliphatic carbocycles. The Morgan fingerprint density at radius 3 is 2.81 bits per heavy atom. The summed E-state index contributed by atoms with van der Waals surface area (Å²) in [6.45, 7) is 2.56. The highest BCUT2D eigenvalue weighted by Gasteiger charge is 2.13. The predicted molar refractivity (Wildman–Crippen MR) is 78.1 cm³/mol. The number of rotatable bonds is 6. The number of nitrogens with two attached hydrogens (primary N) is 1. The summed E-state index contributed by atoms with van der Waals surface area (Å²) in [6, 6.07) is 6.86. The van der Waals surface area contributed by atoms with Gasteiger partial charge < -0.3 is 16.2 Å². The number of carboxylic acids is 1. The Labute approximate surface area is 122 Å². The zero-order chi connectivity index (χ0) is 15.8. The lowest BCUT2D eigenvalue weighted by Crippen LogP contribution is -2.04. The molecule has 0 spiro atoms. The third-order valence-corrected chi connectivity index (χ3v) is 2.72. The number of carbonyl (C=O) groups is 1. The summed E-state index contributed by atoms with van der Waals surface area (Å²) in [5, 5.41) is 21.0. The van der Waals surface area contributed by atoms with Gasteiger partial charge in [-0.3, -0.25) is 0 Å². The summed E-state index contributed by atoms with van der Waals surface area (Å²) in [5.74, 6) is -2.21. The van der Waals surface area contributed by atoms with Gasteiger partial charge >= 0.3 is 5.97 Å². The van der Waals surface area contributed by atoms with Gasteiger partial charge in [0.25, 0.3) is 0 Å². The van der Waals surface area contributed by atoms with Crippen molar-refractivity contribution in [1.29, 1.82) is 5.26 Å². The zero-order valence-electron chi connectivity index (χ0n) is 11.6. The molecule has 1 aromatic rings. The smallest absolute Gasteiger partial charge is 0.338 e. The van der Waals surface area contributed by atoms with Crippen LogP contribution in [-0.2, 0) is 11.2 Å². The van der Waals surface area contributed by atoms with Gasteiger partial charge in [-0.15, -0.1) is 0 Å². The fraction of sp³-hybridized carbons (Fsp3) is 0.200. The van der Waals surface area contributed by atoms with Crippen molar-refractivity contribution in [1.82, 2.24) is 0 Å². The van der Waals surface area contributed by atoms with Gasteiger partial charge in [0, 0.05) is 13.0 Å². The van der Waals surface area contributed by atoms with E-state index in [0.717, 1.165) is 12.3 Å². The van der Waals surface area contributed by atoms with Gasteiger partial charge in [0.05, 0.1) is 16.8 Å². The molecule has 0 fully saturated rings. The van der Waals surface area contributed by atoms with Crippen LogP contribution < -0.4 is 11.1 Å². The first kappa shape index (κ1) is 16.2. The quantitative estimate of drug-likeness (QED) is 0.551. The summed E-state index contributed by atoms with van der Waals surface area (Å²) in [5.41, 5.74) is 6.16. The third-order valence-electron chi connectivity index (χ3n) is 2.72. The van der Waals surface area contributed by atoms with Gasteiger partial charge in [0.2, 0.25) is 0 Å². The molecule has 0 saturated heterocycles. The van der Waals surface area contributed by atoms with E-state index in [1.54, 1.807) is 12.1 Å². The second kappa shape index (κ2) is 7.70. The Kier molecular flexibility index (Phi) is 5.96. The number of anilines is 1. The number of hydrogen-bond acceptors (Lipinski definition) is 4. The molecule has 4 N–H and O–H groups in total. The molecular formula is C15H16FN3O2. The molecule has 0 heterocycles. The van der Waals surface area contributed by atoms with Gasteiger partial charge in [-0.2, -0.15) is 5.26 Å². The topological polar surface area (TPSA) is 99.1 Å². The molecule has 1 rings (SSSR count). The molecule has 0 bridgehead atoms. The van der Waals surface area contributed by atoms with E-state index in [4.69, 9.17) is 16.1 Å². The summed E-state index contributed by atoms with van der Waals surface area (Å²) in [4.78, 5) is 10.9. The molecule has 5 nitrogen and oxygen atoms in total. The molecule has 21 heavy (non-hydrogen) atoms. The minimum atomic E-state index is -1.39. The minimum absolute atomic E-state index is 0.215. The average Bonchev–Trinajstić information content (AvgIpc) is 2.46. The Morgan fingerprint density at radius 2 is 2.29 bits per heavy atom. The molecule has 0 aliphatic heterocycles. The average molecular weight is 289 g/mol. The molecular weight excluding hydrogens is 273 g/mol. The van der Waals surface area contributed by atoms with Crippen LogP contribution in [0.2, 0.25) is 0 Å². The Hall–Kier alpha value is -2.81. The SMILES string of the molecule is CCNc1ccc(C/C(F)=C(\C=C/N)C(=O)O)cc1C#N. The maximum Gasteiger partial charge on any atom is 0.338 e. The third kappa shape index (κ3) is 4.35. The number of hydrogen-bond donors (Lipinski definition) is 3. The van der Waals surface area contributed by atoms with Crippen LogP contribution in [-0.4, -0.2) is 17.6 Å². The second-order valence-corrected chi connectivity index (χ2v) is 4.18. The van der Waals surface area contributed by atoms with Crippen LogP contribution in [0, 0.1) is 11.3 Å². The largest absolute Gasteiger partial charge is 0.478 e. The van der Waals surface area contributed by atoms with Crippen molar-refractivity contribution in [2.45, 2.75) is 13.3 Å². The molecule has 0 aliphatic rings. The van der Waals surface area contributed by atoms with Crippen LogP contribution in [0.4, 0.5) is 10.1 Å². The lowest BCUT2D eigenvalue weighted by molar-refractivity contribution is -0.132. The molecule has 0 radical (unpaired) electrons. The lowest BCUT2D eigenvalue weighted by atomic mass is 10.0. The van der Waals surface area contributed by atoms with Crippen LogP contribution in [0.3, 0.4) is 0 Å².